The summed E-state index contributed by atoms with van der Waals surface area (Å²) in [7, 11) is 0. The van der Waals surface area contributed by atoms with Gasteiger partial charge >= 0.3 is 6.18 Å². The smallest absolute Gasteiger partial charge is 0.357 e. The van der Waals surface area contributed by atoms with E-state index in [1.165, 1.54) is 6.07 Å². The Balaban J connectivity index is 2.70. The van der Waals surface area contributed by atoms with Gasteiger partial charge in [-0.1, -0.05) is 32.9 Å². The highest BCUT2D eigenvalue weighted by atomic mass is 19.4. The highest BCUT2D eigenvalue weighted by Gasteiger charge is 2.33. The predicted molar refractivity (Wildman–Crippen MR) is 62.0 cm³/mol. The number of rotatable bonds is 0. The summed E-state index contributed by atoms with van der Waals surface area (Å²) in [4.78, 5) is 2.89. The largest absolute Gasteiger partial charge is 0.418 e. The molecule has 1 N–H and O–H groups in total. The van der Waals surface area contributed by atoms with Gasteiger partial charge in [-0.05, 0) is 12.1 Å². The number of fused-ring (bicyclic) bond motifs is 1. The monoisotopic (exact) mass is 241 g/mol. The van der Waals surface area contributed by atoms with Gasteiger partial charge in [0.05, 0.1) is 11.1 Å². The number of alkyl halides is 3. The number of hydrogen-bond donors (Lipinski definition) is 1. The van der Waals surface area contributed by atoms with Crippen molar-refractivity contribution in [2.75, 3.05) is 0 Å². The number of aromatic amines is 1. The second kappa shape index (κ2) is 3.52. The van der Waals surface area contributed by atoms with E-state index in [1.54, 1.807) is 12.1 Å². The minimum Gasteiger partial charge on any atom is -0.357 e. The van der Waals surface area contributed by atoms with Crippen LogP contribution in [-0.4, -0.2) is 4.98 Å². The maximum Gasteiger partial charge on any atom is 0.418 e. The SMILES string of the molecule is CC(C)(C)c1cc2cccc(C(F)(F)F)c2[nH]1. The first-order chi connectivity index (χ1) is 7.69. The molecule has 1 aromatic carbocycles. The summed E-state index contributed by atoms with van der Waals surface area (Å²) in [5.74, 6) is 0. The van der Waals surface area contributed by atoms with E-state index in [0.717, 1.165) is 11.8 Å². The van der Waals surface area contributed by atoms with Crippen LogP contribution in [0.4, 0.5) is 13.2 Å². The Labute approximate surface area is 97.6 Å². The van der Waals surface area contributed by atoms with E-state index in [1.807, 2.05) is 20.8 Å². The highest BCUT2D eigenvalue weighted by Crippen LogP contribution is 2.36. The van der Waals surface area contributed by atoms with E-state index in [0.29, 0.717) is 5.39 Å². The molecule has 0 radical (unpaired) electrons. The Kier molecular flexibility index (Phi) is 2.49. The molecule has 0 unspecified atom stereocenters. The summed E-state index contributed by atoms with van der Waals surface area (Å²) < 4.78 is 38.4. The molecule has 4 heteroatoms. The second-order valence-corrected chi connectivity index (χ2v) is 5.20. The number of para-hydroxylation sites is 1. The van der Waals surface area contributed by atoms with Crippen molar-refractivity contribution < 1.29 is 13.2 Å². The fraction of sp³-hybridized carbons (Fsp3) is 0.385. The number of nitrogens with one attached hydrogen (secondary N) is 1. The summed E-state index contributed by atoms with van der Waals surface area (Å²) in [6.07, 6.45) is -4.32. The van der Waals surface area contributed by atoms with Crippen molar-refractivity contribution >= 4 is 10.9 Å². The van der Waals surface area contributed by atoms with Crippen molar-refractivity contribution in [3.63, 3.8) is 0 Å². The molecule has 0 fully saturated rings. The van der Waals surface area contributed by atoms with Crippen LogP contribution >= 0.6 is 0 Å². The van der Waals surface area contributed by atoms with Crippen LogP contribution in [0.5, 0.6) is 0 Å². The van der Waals surface area contributed by atoms with Crippen molar-refractivity contribution in [1.82, 2.24) is 4.98 Å². The van der Waals surface area contributed by atoms with Gasteiger partial charge in [-0.25, -0.2) is 0 Å². The summed E-state index contributed by atoms with van der Waals surface area (Å²) in [5, 5.41) is 0.602. The average Bonchev–Trinajstić information content (AvgIpc) is 2.57. The fourth-order valence-electron chi connectivity index (χ4n) is 1.80. The topological polar surface area (TPSA) is 15.8 Å². The lowest BCUT2D eigenvalue weighted by Crippen LogP contribution is -2.11. The molecule has 2 rings (SSSR count). The van der Waals surface area contributed by atoms with Crippen LogP contribution in [0, 0.1) is 0 Å². The minimum atomic E-state index is -4.32. The molecule has 0 spiro atoms. The zero-order chi connectivity index (χ0) is 12.8. The Morgan fingerprint density at radius 3 is 2.24 bits per heavy atom. The summed E-state index contributed by atoms with van der Waals surface area (Å²) in [6, 6.07) is 6.01. The van der Waals surface area contributed by atoms with E-state index in [4.69, 9.17) is 0 Å². The van der Waals surface area contributed by atoms with Crippen LogP contribution in [0.1, 0.15) is 32.0 Å². The Bertz CT molecular complexity index is 544. The van der Waals surface area contributed by atoms with E-state index in [-0.39, 0.29) is 10.9 Å². The Hall–Kier alpha value is -1.45. The molecule has 0 bridgehead atoms. The van der Waals surface area contributed by atoms with Gasteiger partial charge in [0.25, 0.3) is 0 Å². The maximum atomic E-state index is 12.8. The Morgan fingerprint density at radius 2 is 1.71 bits per heavy atom. The third kappa shape index (κ3) is 2.16. The molecule has 17 heavy (non-hydrogen) atoms. The van der Waals surface area contributed by atoms with Gasteiger partial charge in [-0.15, -0.1) is 0 Å². The minimum absolute atomic E-state index is 0.171. The zero-order valence-electron chi connectivity index (χ0n) is 9.94. The average molecular weight is 241 g/mol. The number of aromatic nitrogens is 1. The Morgan fingerprint density at radius 1 is 1.06 bits per heavy atom. The van der Waals surface area contributed by atoms with E-state index < -0.39 is 11.7 Å². The molecular formula is C13H14F3N. The van der Waals surface area contributed by atoms with Crippen LogP contribution in [0.2, 0.25) is 0 Å². The van der Waals surface area contributed by atoms with Gasteiger partial charge in [0.2, 0.25) is 0 Å². The standard InChI is InChI=1S/C13H14F3N/c1-12(2,3)10-7-8-5-4-6-9(11(8)17-10)13(14,15)16/h4-7,17H,1-3H3. The van der Waals surface area contributed by atoms with Gasteiger partial charge < -0.3 is 4.98 Å². The number of benzene rings is 1. The molecule has 2 aromatic rings. The van der Waals surface area contributed by atoms with Crippen molar-refractivity contribution in [2.45, 2.75) is 32.4 Å². The quantitative estimate of drug-likeness (QED) is 0.699. The molecule has 1 nitrogen and oxygen atoms in total. The summed E-state index contributed by atoms with van der Waals surface area (Å²) in [5.41, 5.74) is 0.182. The molecule has 0 saturated carbocycles. The lowest BCUT2D eigenvalue weighted by atomic mass is 9.92. The van der Waals surface area contributed by atoms with Crippen LogP contribution in [0.3, 0.4) is 0 Å². The molecule has 0 aliphatic heterocycles. The maximum absolute atomic E-state index is 12.8. The molecule has 0 aliphatic carbocycles. The molecule has 92 valence electrons. The first kappa shape index (κ1) is 12.0. The molecule has 1 heterocycles. The number of H-pyrrole nitrogens is 1. The zero-order valence-corrected chi connectivity index (χ0v) is 9.94. The third-order valence-corrected chi connectivity index (χ3v) is 2.77. The van der Waals surface area contributed by atoms with Gasteiger partial charge in [0.1, 0.15) is 0 Å². The van der Waals surface area contributed by atoms with Crippen LogP contribution in [0.15, 0.2) is 24.3 Å². The van der Waals surface area contributed by atoms with Gasteiger partial charge in [-0.3, -0.25) is 0 Å². The molecular weight excluding hydrogens is 227 g/mol. The number of hydrogen-bond acceptors (Lipinski definition) is 0. The summed E-state index contributed by atoms with van der Waals surface area (Å²) >= 11 is 0. The molecule has 0 amide bonds. The highest BCUT2D eigenvalue weighted by molar-refractivity contribution is 5.84. The van der Waals surface area contributed by atoms with Crippen molar-refractivity contribution in [3.05, 3.63) is 35.5 Å². The molecule has 1 aromatic heterocycles. The first-order valence-electron chi connectivity index (χ1n) is 5.39. The molecule has 0 saturated heterocycles. The van der Waals surface area contributed by atoms with E-state index in [9.17, 15) is 13.2 Å². The van der Waals surface area contributed by atoms with Gasteiger partial charge in [0.15, 0.2) is 0 Å². The normalized spacial score (nSPS) is 13.3. The second-order valence-electron chi connectivity index (χ2n) is 5.20. The predicted octanol–water partition coefficient (Wildman–Crippen LogP) is 4.48. The van der Waals surface area contributed by atoms with E-state index in [2.05, 4.69) is 4.98 Å². The third-order valence-electron chi connectivity index (χ3n) is 2.77. The lowest BCUT2D eigenvalue weighted by Gasteiger charge is -2.15. The van der Waals surface area contributed by atoms with Crippen LogP contribution in [0.25, 0.3) is 10.9 Å². The molecule has 0 aliphatic rings. The van der Waals surface area contributed by atoms with Gasteiger partial charge in [0, 0.05) is 16.5 Å². The van der Waals surface area contributed by atoms with Crippen molar-refractivity contribution in [1.29, 1.82) is 0 Å². The lowest BCUT2D eigenvalue weighted by molar-refractivity contribution is -0.136. The number of halogens is 3. The van der Waals surface area contributed by atoms with E-state index >= 15 is 0 Å². The fourth-order valence-corrected chi connectivity index (χ4v) is 1.80. The summed E-state index contributed by atoms with van der Waals surface area (Å²) in [6.45, 7) is 5.89. The molecule has 0 atom stereocenters. The van der Waals surface area contributed by atoms with Crippen LogP contribution in [-0.2, 0) is 11.6 Å². The first-order valence-corrected chi connectivity index (χ1v) is 5.39. The van der Waals surface area contributed by atoms with Crippen molar-refractivity contribution in [2.24, 2.45) is 0 Å². The van der Waals surface area contributed by atoms with Crippen molar-refractivity contribution in [3.8, 4) is 0 Å². The van der Waals surface area contributed by atoms with Crippen LogP contribution < -0.4 is 0 Å². The van der Waals surface area contributed by atoms with Gasteiger partial charge in [-0.2, -0.15) is 13.2 Å².